The lowest BCUT2D eigenvalue weighted by atomic mass is 9.96. The normalized spacial score (nSPS) is 17.0. The molecule has 1 fully saturated rings. The molecule has 4 nitrogen and oxygen atoms in total. The molecule has 0 unspecified atom stereocenters. The first-order valence-electron chi connectivity index (χ1n) is 8.38. The van der Waals surface area contributed by atoms with Crippen LogP contribution in [-0.2, 0) is 9.53 Å². The lowest BCUT2D eigenvalue weighted by molar-refractivity contribution is -0.161. The number of benzene rings is 1. The number of carbonyl (C=O) groups excluding carboxylic acids is 2. The van der Waals surface area contributed by atoms with Crippen molar-refractivity contribution >= 4 is 11.8 Å². The second-order valence-electron chi connectivity index (χ2n) is 7.19. The Morgan fingerprint density at radius 2 is 1.74 bits per heavy atom. The summed E-state index contributed by atoms with van der Waals surface area (Å²) in [4.78, 5) is 26.5. The molecule has 0 saturated carbocycles. The van der Waals surface area contributed by atoms with Gasteiger partial charge in [-0.15, -0.1) is 0 Å². The molecule has 1 aromatic rings. The molecule has 4 heteroatoms. The van der Waals surface area contributed by atoms with E-state index in [0.717, 1.165) is 38.0 Å². The maximum absolute atomic E-state index is 12.1. The highest BCUT2D eigenvalue weighted by atomic mass is 16.6. The van der Waals surface area contributed by atoms with Crippen molar-refractivity contribution in [2.75, 3.05) is 19.6 Å². The average molecular weight is 317 g/mol. The van der Waals surface area contributed by atoms with Crippen LogP contribution >= 0.6 is 0 Å². The molecule has 0 bridgehead atoms. The Kier molecular flexibility index (Phi) is 5.94. The minimum absolute atomic E-state index is 0.00435. The van der Waals surface area contributed by atoms with Gasteiger partial charge in [-0.3, -0.25) is 9.59 Å². The van der Waals surface area contributed by atoms with Crippen molar-refractivity contribution in [3.05, 3.63) is 35.9 Å². The molecule has 1 saturated heterocycles. The number of rotatable bonds is 5. The van der Waals surface area contributed by atoms with Gasteiger partial charge >= 0.3 is 5.97 Å². The van der Waals surface area contributed by atoms with Crippen LogP contribution in [0.25, 0.3) is 0 Å². The number of ether oxygens (including phenoxy) is 1. The fourth-order valence-corrected chi connectivity index (χ4v) is 2.81. The first-order chi connectivity index (χ1) is 10.8. The predicted molar refractivity (Wildman–Crippen MR) is 90.4 cm³/mol. The summed E-state index contributed by atoms with van der Waals surface area (Å²) in [6.45, 7) is 8.16. The molecular weight excluding hydrogens is 290 g/mol. The van der Waals surface area contributed by atoms with E-state index in [1.807, 2.05) is 51.1 Å². The van der Waals surface area contributed by atoms with Crippen LogP contribution in [0.3, 0.4) is 0 Å². The molecule has 0 aliphatic carbocycles. The molecule has 2 rings (SSSR count). The standard InChI is InChI=1S/C19H27NO3/c1-19(2,3)23-18(22)16-9-12-20(13-10-16)14-11-17(21)15-7-5-4-6-8-15/h4-8,16H,9-14H2,1-3H3. The molecule has 0 amide bonds. The monoisotopic (exact) mass is 317 g/mol. The van der Waals surface area contributed by atoms with Gasteiger partial charge in [0.05, 0.1) is 5.92 Å². The van der Waals surface area contributed by atoms with E-state index in [1.165, 1.54) is 0 Å². The topological polar surface area (TPSA) is 46.6 Å². The third-order valence-corrected chi connectivity index (χ3v) is 4.08. The second kappa shape index (κ2) is 7.73. The fourth-order valence-electron chi connectivity index (χ4n) is 2.81. The second-order valence-corrected chi connectivity index (χ2v) is 7.19. The number of piperidine rings is 1. The predicted octanol–water partition coefficient (Wildman–Crippen LogP) is 3.31. The lowest BCUT2D eigenvalue weighted by Crippen LogP contribution is -2.39. The minimum Gasteiger partial charge on any atom is -0.460 e. The molecule has 0 aromatic heterocycles. The summed E-state index contributed by atoms with van der Waals surface area (Å²) in [6.07, 6.45) is 2.16. The van der Waals surface area contributed by atoms with Gasteiger partial charge in [-0.1, -0.05) is 30.3 Å². The Hall–Kier alpha value is -1.68. The third-order valence-electron chi connectivity index (χ3n) is 4.08. The van der Waals surface area contributed by atoms with Gasteiger partial charge in [0.1, 0.15) is 5.60 Å². The highest BCUT2D eigenvalue weighted by Crippen LogP contribution is 2.21. The molecule has 0 N–H and O–H groups in total. The Morgan fingerprint density at radius 1 is 1.13 bits per heavy atom. The Bertz CT molecular complexity index is 525. The smallest absolute Gasteiger partial charge is 0.309 e. The van der Waals surface area contributed by atoms with Crippen molar-refractivity contribution in [2.45, 2.75) is 45.6 Å². The van der Waals surface area contributed by atoms with Gasteiger partial charge in [-0.2, -0.15) is 0 Å². The van der Waals surface area contributed by atoms with E-state index < -0.39 is 5.60 Å². The molecule has 1 aliphatic rings. The summed E-state index contributed by atoms with van der Waals surface area (Å²) >= 11 is 0. The van der Waals surface area contributed by atoms with Crippen LogP contribution in [-0.4, -0.2) is 41.9 Å². The van der Waals surface area contributed by atoms with Gasteiger partial charge in [0.15, 0.2) is 5.78 Å². The molecule has 1 aliphatic heterocycles. The van der Waals surface area contributed by atoms with E-state index in [2.05, 4.69) is 4.90 Å². The van der Waals surface area contributed by atoms with Crippen LogP contribution in [0, 0.1) is 5.92 Å². The van der Waals surface area contributed by atoms with Crippen molar-refractivity contribution in [2.24, 2.45) is 5.92 Å². The summed E-state index contributed by atoms with van der Waals surface area (Å²) in [7, 11) is 0. The van der Waals surface area contributed by atoms with Crippen molar-refractivity contribution < 1.29 is 14.3 Å². The molecule has 23 heavy (non-hydrogen) atoms. The molecule has 126 valence electrons. The largest absolute Gasteiger partial charge is 0.460 e. The summed E-state index contributed by atoms with van der Waals surface area (Å²) in [6, 6.07) is 9.41. The zero-order valence-electron chi connectivity index (χ0n) is 14.4. The Labute approximate surface area is 138 Å². The van der Waals surface area contributed by atoms with E-state index in [-0.39, 0.29) is 17.7 Å². The van der Waals surface area contributed by atoms with Crippen LogP contribution in [0.1, 0.15) is 50.4 Å². The fraction of sp³-hybridized carbons (Fsp3) is 0.579. The van der Waals surface area contributed by atoms with Gasteiger partial charge < -0.3 is 9.64 Å². The number of hydrogen-bond donors (Lipinski definition) is 0. The Balaban J connectivity index is 1.73. The van der Waals surface area contributed by atoms with Crippen LogP contribution in [0.4, 0.5) is 0 Å². The number of nitrogens with zero attached hydrogens (tertiary/aromatic N) is 1. The van der Waals surface area contributed by atoms with Crippen molar-refractivity contribution in [1.82, 2.24) is 4.90 Å². The highest BCUT2D eigenvalue weighted by molar-refractivity contribution is 5.96. The number of carbonyl (C=O) groups is 2. The highest BCUT2D eigenvalue weighted by Gasteiger charge is 2.29. The first-order valence-corrected chi connectivity index (χ1v) is 8.38. The molecule has 1 aromatic carbocycles. The molecule has 1 heterocycles. The number of likely N-dealkylation sites (tertiary alicyclic amines) is 1. The molecule has 0 spiro atoms. The van der Waals surface area contributed by atoms with Crippen LogP contribution in [0.15, 0.2) is 30.3 Å². The first kappa shape index (κ1) is 17.7. The van der Waals surface area contributed by atoms with Gasteiger partial charge in [0.25, 0.3) is 0 Å². The van der Waals surface area contributed by atoms with Crippen LogP contribution in [0.5, 0.6) is 0 Å². The van der Waals surface area contributed by atoms with E-state index in [1.54, 1.807) is 0 Å². The number of Topliss-reactive ketones (excluding diaryl/α,β-unsaturated/α-hetero) is 1. The van der Waals surface area contributed by atoms with Gasteiger partial charge in [-0.25, -0.2) is 0 Å². The summed E-state index contributed by atoms with van der Waals surface area (Å²) in [5.41, 5.74) is 0.354. The van der Waals surface area contributed by atoms with Gasteiger partial charge in [0.2, 0.25) is 0 Å². The van der Waals surface area contributed by atoms with E-state index >= 15 is 0 Å². The zero-order chi connectivity index (χ0) is 16.9. The van der Waals surface area contributed by atoms with Crippen molar-refractivity contribution in [3.63, 3.8) is 0 Å². The number of ketones is 1. The molecule has 0 atom stereocenters. The SMILES string of the molecule is CC(C)(C)OC(=O)C1CCN(CCC(=O)c2ccccc2)CC1. The van der Waals surface area contributed by atoms with Crippen LogP contribution in [0.2, 0.25) is 0 Å². The van der Waals surface area contributed by atoms with Crippen LogP contribution < -0.4 is 0 Å². The van der Waals surface area contributed by atoms with Gasteiger partial charge in [-0.05, 0) is 46.7 Å². The minimum atomic E-state index is -0.420. The van der Waals surface area contributed by atoms with Crippen molar-refractivity contribution in [3.8, 4) is 0 Å². The van der Waals surface area contributed by atoms with E-state index in [4.69, 9.17) is 4.74 Å². The Morgan fingerprint density at radius 3 is 2.30 bits per heavy atom. The quantitative estimate of drug-likeness (QED) is 0.617. The summed E-state index contributed by atoms with van der Waals surface area (Å²) in [5, 5.41) is 0. The van der Waals surface area contributed by atoms with E-state index in [9.17, 15) is 9.59 Å². The summed E-state index contributed by atoms with van der Waals surface area (Å²) < 4.78 is 5.46. The third kappa shape index (κ3) is 5.79. The maximum atomic E-state index is 12.1. The zero-order valence-corrected chi connectivity index (χ0v) is 14.4. The number of esters is 1. The molecular formula is C19H27NO3. The van der Waals surface area contributed by atoms with Crippen molar-refractivity contribution in [1.29, 1.82) is 0 Å². The number of hydrogen-bond acceptors (Lipinski definition) is 4. The lowest BCUT2D eigenvalue weighted by Gasteiger charge is -2.32. The van der Waals surface area contributed by atoms with Gasteiger partial charge in [0, 0.05) is 18.5 Å². The summed E-state index contributed by atoms with van der Waals surface area (Å²) in [5.74, 6) is 0.0904. The average Bonchev–Trinajstić information content (AvgIpc) is 2.52. The maximum Gasteiger partial charge on any atom is 0.309 e. The van der Waals surface area contributed by atoms with E-state index in [0.29, 0.717) is 6.42 Å². The molecule has 0 radical (unpaired) electrons.